The fraction of sp³-hybridized carbons (Fsp3) is 0.286. The third-order valence-electron chi connectivity index (χ3n) is 3.88. The molecule has 2 heterocycles. The van der Waals surface area contributed by atoms with E-state index >= 15 is 0 Å². The first-order chi connectivity index (χ1) is 12.7. The largest absolute Gasteiger partial charge is 0.341 e. The van der Waals surface area contributed by atoms with Crippen LogP contribution in [0.3, 0.4) is 0 Å². The van der Waals surface area contributed by atoms with Gasteiger partial charge in [-0.1, -0.05) is 42.7 Å². The summed E-state index contributed by atoms with van der Waals surface area (Å²) in [7, 11) is 0. The molecule has 26 heavy (non-hydrogen) atoms. The van der Waals surface area contributed by atoms with Crippen LogP contribution in [0.4, 0.5) is 4.39 Å². The van der Waals surface area contributed by atoms with Gasteiger partial charge in [-0.2, -0.15) is 0 Å². The van der Waals surface area contributed by atoms with E-state index in [0.29, 0.717) is 24.5 Å². The second kappa shape index (κ2) is 8.95. The average Bonchev–Trinajstić information content (AvgIpc) is 2.68. The van der Waals surface area contributed by atoms with Gasteiger partial charge in [0.2, 0.25) is 6.29 Å². The van der Waals surface area contributed by atoms with Crippen molar-refractivity contribution in [3.05, 3.63) is 65.1 Å². The standard InChI is InChI=1S/C21H19ClFNO2/c1-2-3-4-16-13-25-21(26-14-16)10-6-15-5-9-20(24-12-15)17-7-8-18(22)19(23)11-17/h3-5,7-9,11-12,16,21H,2,13-14H2,1H3/b4-3+. The molecule has 2 aromatic rings. The van der Waals surface area contributed by atoms with Crippen molar-refractivity contribution < 1.29 is 13.9 Å². The second-order valence-electron chi connectivity index (χ2n) is 5.93. The molecule has 0 aliphatic carbocycles. The molecule has 3 rings (SSSR count). The zero-order chi connectivity index (χ0) is 18.4. The summed E-state index contributed by atoms with van der Waals surface area (Å²) < 4.78 is 24.8. The molecule has 1 aliphatic rings. The van der Waals surface area contributed by atoms with E-state index in [0.717, 1.165) is 12.0 Å². The minimum atomic E-state index is -0.522. The van der Waals surface area contributed by atoms with E-state index in [-0.39, 0.29) is 10.9 Å². The Hall–Kier alpha value is -2.19. The Kier molecular flexibility index (Phi) is 6.40. The van der Waals surface area contributed by atoms with Crippen LogP contribution in [0.2, 0.25) is 5.02 Å². The fourth-order valence-electron chi connectivity index (χ4n) is 2.48. The number of allylic oxidation sites excluding steroid dienone is 1. The van der Waals surface area contributed by atoms with E-state index in [1.54, 1.807) is 18.3 Å². The van der Waals surface area contributed by atoms with Crippen LogP contribution >= 0.6 is 11.6 Å². The summed E-state index contributed by atoms with van der Waals surface area (Å²) >= 11 is 5.70. The van der Waals surface area contributed by atoms with Crippen molar-refractivity contribution in [2.75, 3.05) is 13.2 Å². The van der Waals surface area contributed by atoms with Crippen molar-refractivity contribution in [3.63, 3.8) is 0 Å². The predicted molar refractivity (Wildman–Crippen MR) is 100 cm³/mol. The van der Waals surface area contributed by atoms with Crippen LogP contribution in [0, 0.1) is 23.6 Å². The number of ether oxygens (including phenoxy) is 2. The Labute approximate surface area is 157 Å². The Morgan fingerprint density at radius 2 is 2.08 bits per heavy atom. The lowest BCUT2D eigenvalue weighted by Gasteiger charge is -2.24. The zero-order valence-corrected chi connectivity index (χ0v) is 15.2. The van der Waals surface area contributed by atoms with Gasteiger partial charge in [-0.3, -0.25) is 4.98 Å². The van der Waals surface area contributed by atoms with E-state index < -0.39 is 12.1 Å². The van der Waals surface area contributed by atoms with Gasteiger partial charge in [0.15, 0.2) is 0 Å². The van der Waals surface area contributed by atoms with Crippen molar-refractivity contribution in [2.24, 2.45) is 5.92 Å². The Morgan fingerprint density at radius 1 is 1.27 bits per heavy atom. The number of aromatic nitrogens is 1. The first-order valence-electron chi connectivity index (χ1n) is 8.48. The van der Waals surface area contributed by atoms with Crippen LogP contribution in [-0.2, 0) is 9.47 Å². The minimum Gasteiger partial charge on any atom is -0.341 e. The zero-order valence-electron chi connectivity index (χ0n) is 14.4. The van der Waals surface area contributed by atoms with Gasteiger partial charge in [0, 0.05) is 23.2 Å². The molecular weight excluding hydrogens is 353 g/mol. The Balaban J connectivity index is 1.61. The van der Waals surface area contributed by atoms with Crippen molar-refractivity contribution in [2.45, 2.75) is 19.6 Å². The quantitative estimate of drug-likeness (QED) is 0.571. The molecule has 0 unspecified atom stereocenters. The summed E-state index contributed by atoms with van der Waals surface area (Å²) in [5.74, 6) is 5.77. The first-order valence-corrected chi connectivity index (χ1v) is 8.86. The van der Waals surface area contributed by atoms with Gasteiger partial charge in [0.1, 0.15) is 5.82 Å². The van der Waals surface area contributed by atoms with Gasteiger partial charge < -0.3 is 9.47 Å². The highest BCUT2D eigenvalue weighted by atomic mass is 35.5. The lowest BCUT2D eigenvalue weighted by atomic mass is 10.1. The van der Waals surface area contributed by atoms with Gasteiger partial charge in [0.25, 0.3) is 0 Å². The smallest absolute Gasteiger partial charge is 0.222 e. The highest BCUT2D eigenvalue weighted by Crippen LogP contribution is 2.22. The average molecular weight is 372 g/mol. The minimum absolute atomic E-state index is 0.0937. The van der Waals surface area contributed by atoms with Crippen LogP contribution in [-0.4, -0.2) is 24.5 Å². The molecular formula is C21H19ClFNO2. The highest BCUT2D eigenvalue weighted by molar-refractivity contribution is 6.30. The lowest BCUT2D eigenvalue weighted by molar-refractivity contribution is -0.160. The molecule has 1 aliphatic heterocycles. The molecule has 0 amide bonds. The molecule has 5 heteroatoms. The maximum atomic E-state index is 13.6. The third-order valence-corrected chi connectivity index (χ3v) is 4.19. The number of benzene rings is 1. The Morgan fingerprint density at radius 3 is 2.73 bits per heavy atom. The summed E-state index contributed by atoms with van der Waals surface area (Å²) in [6, 6.07) is 8.23. The van der Waals surface area contributed by atoms with Gasteiger partial charge in [0.05, 0.1) is 23.9 Å². The van der Waals surface area contributed by atoms with Crippen molar-refractivity contribution in [1.82, 2.24) is 4.98 Å². The fourth-order valence-corrected chi connectivity index (χ4v) is 2.60. The maximum absolute atomic E-state index is 13.6. The molecule has 0 saturated carbocycles. The van der Waals surface area contributed by atoms with Gasteiger partial charge in [-0.05, 0) is 36.6 Å². The van der Waals surface area contributed by atoms with Crippen LogP contribution in [0.1, 0.15) is 18.9 Å². The second-order valence-corrected chi connectivity index (χ2v) is 6.33. The summed E-state index contributed by atoms with van der Waals surface area (Å²) in [5, 5.41) is 0.0937. The Bertz CT molecular complexity index is 831. The van der Waals surface area contributed by atoms with Crippen molar-refractivity contribution in [3.8, 4) is 23.1 Å². The molecule has 0 bridgehead atoms. The molecule has 134 valence electrons. The molecule has 1 saturated heterocycles. The molecule has 0 N–H and O–H groups in total. The van der Waals surface area contributed by atoms with Crippen LogP contribution < -0.4 is 0 Å². The van der Waals surface area contributed by atoms with E-state index in [1.807, 2.05) is 6.07 Å². The number of hydrogen-bond donors (Lipinski definition) is 0. The van der Waals surface area contributed by atoms with Crippen molar-refractivity contribution >= 4 is 11.6 Å². The molecule has 0 atom stereocenters. The number of hydrogen-bond acceptors (Lipinski definition) is 3. The molecule has 0 radical (unpaired) electrons. The summed E-state index contributed by atoms with van der Waals surface area (Å²) in [4.78, 5) is 4.33. The number of halogens is 2. The van der Waals surface area contributed by atoms with Crippen LogP contribution in [0.15, 0.2) is 48.7 Å². The van der Waals surface area contributed by atoms with Gasteiger partial charge >= 0.3 is 0 Å². The normalized spacial score (nSPS) is 20.0. The topological polar surface area (TPSA) is 31.4 Å². The summed E-state index contributed by atoms with van der Waals surface area (Å²) in [6.45, 7) is 3.31. The SMILES string of the molecule is CC/C=C/C1COC(C#Cc2ccc(-c3ccc(Cl)c(F)c3)nc2)OC1. The maximum Gasteiger partial charge on any atom is 0.222 e. The van der Waals surface area contributed by atoms with Crippen molar-refractivity contribution in [1.29, 1.82) is 0 Å². The molecule has 0 spiro atoms. The van der Waals surface area contributed by atoms with E-state index in [9.17, 15) is 4.39 Å². The first kappa shape index (κ1) is 18.6. The summed E-state index contributed by atoms with van der Waals surface area (Å²) in [5.41, 5.74) is 2.06. The summed E-state index contributed by atoms with van der Waals surface area (Å²) in [6.07, 6.45) is 6.36. The van der Waals surface area contributed by atoms with Crippen LogP contribution in [0.5, 0.6) is 0 Å². The van der Waals surface area contributed by atoms with Crippen LogP contribution in [0.25, 0.3) is 11.3 Å². The highest BCUT2D eigenvalue weighted by Gasteiger charge is 2.18. The van der Waals surface area contributed by atoms with E-state index in [4.69, 9.17) is 21.1 Å². The number of nitrogens with zero attached hydrogens (tertiary/aromatic N) is 1. The molecule has 1 aromatic carbocycles. The molecule has 1 fully saturated rings. The van der Waals surface area contributed by atoms with Gasteiger partial charge in [-0.25, -0.2) is 4.39 Å². The number of pyridine rings is 1. The molecule has 1 aromatic heterocycles. The number of rotatable bonds is 3. The lowest BCUT2D eigenvalue weighted by Crippen LogP contribution is -2.30. The van der Waals surface area contributed by atoms with E-state index in [2.05, 4.69) is 35.9 Å². The van der Waals surface area contributed by atoms with E-state index in [1.165, 1.54) is 12.1 Å². The van der Waals surface area contributed by atoms with Gasteiger partial charge in [-0.15, -0.1) is 0 Å². The molecule has 3 nitrogen and oxygen atoms in total. The predicted octanol–water partition coefficient (Wildman–Crippen LogP) is 4.85. The monoisotopic (exact) mass is 371 g/mol. The third kappa shape index (κ3) is 4.92.